The average Bonchev–Trinajstić information content (AvgIpc) is 3.71. The van der Waals surface area contributed by atoms with Gasteiger partial charge in [0, 0.05) is 30.2 Å². The number of hydrogen-bond donors (Lipinski definition) is 0. The molecule has 0 bridgehead atoms. The lowest BCUT2D eigenvalue weighted by molar-refractivity contribution is -0.120. The standard InChI is InChI=1S/C35H32F3N3O3S/c1-21-10-32-33(11-22(21)2)41(20-40-32)18-29(42)15-26(12-24-13-27(36)17-28(37)14-24)35-30(4-3-9-39-35)25-7-8-31(38)34(16-25)45(43,44)19-23-5-6-23/h3-4,7-11,13-14,16-17,20,23,26H,5-6,12,15,18-19H2,1-2H3/t26-/m1/s1. The van der Waals surface area contributed by atoms with E-state index >= 15 is 0 Å². The van der Waals surface area contributed by atoms with Gasteiger partial charge in [-0.2, -0.15) is 0 Å². The number of carbonyl (C=O) groups is 1. The molecular weight excluding hydrogens is 599 g/mol. The summed E-state index contributed by atoms with van der Waals surface area (Å²) in [6, 6.07) is 14.5. The van der Waals surface area contributed by atoms with Crippen molar-refractivity contribution in [3.8, 4) is 11.1 Å². The molecule has 2 aromatic heterocycles. The van der Waals surface area contributed by atoms with E-state index in [1.54, 1.807) is 29.2 Å². The number of hydrogen-bond acceptors (Lipinski definition) is 5. The van der Waals surface area contributed by atoms with E-state index in [0.29, 0.717) is 22.4 Å². The van der Waals surface area contributed by atoms with Crippen molar-refractivity contribution in [1.82, 2.24) is 14.5 Å². The van der Waals surface area contributed by atoms with E-state index in [2.05, 4.69) is 9.97 Å². The van der Waals surface area contributed by atoms with Gasteiger partial charge < -0.3 is 4.57 Å². The number of rotatable bonds is 11. The summed E-state index contributed by atoms with van der Waals surface area (Å²) in [4.78, 5) is 22.3. The minimum atomic E-state index is -3.86. The predicted molar refractivity (Wildman–Crippen MR) is 166 cm³/mol. The maximum absolute atomic E-state index is 14.9. The van der Waals surface area contributed by atoms with Gasteiger partial charge in [0.1, 0.15) is 22.3 Å². The Morgan fingerprint density at radius 1 is 0.956 bits per heavy atom. The maximum Gasteiger partial charge on any atom is 0.181 e. The summed E-state index contributed by atoms with van der Waals surface area (Å²) in [5, 5.41) is 0. The molecule has 232 valence electrons. The second-order valence-corrected chi connectivity index (χ2v) is 14.0. The summed E-state index contributed by atoms with van der Waals surface area (Å²) in [5.74, 6) is -3.17. The molecule has 0 N–H and O–H groups in total. The summed E-state index contributed by atoms with van der Waals surface area (Å²) in [5.41, 5.74) is 5.46. The summed E-state index contributed by atoms with van der Waals surface area (Å²) in [7, 11) is -3.86. The fourth-order valence-corrected chi connectivity index (χ4v) is 7.63. The SMILES string of the molecule is Cc1cc2ncn(CC(=O)C[C@@H](Cc3cc(F)cc(F)c3)c3ncccc3-c3ccc(F)c(S(=O)(=O)CC4CC4)c3)c2cc1C. The lowest BCUT2D eigenvalue weighted by Crippen LogP contribution is -2.17. The van der Waals surface area contributed by atoms with Gasteiger partial charge in [0.2, 0.25) is 0 Å². The smallest absolute Gasteiger partial charge is 0.181 e. The lowest BCUT2D eigenvalue weighted by Gasteiger charge is -2.20. The largest absolute Gasteiger partial charge is 0.323 e. The van der Waals surface area contributed by atoms with Crippen LogP contribution in [0, 0.1) is 37.2 Å². The van der Waals surface area contributed by atoms with E-state index in [1.165, 1.54) is 24.3 Å². The normalized spacial score (nSPS) is 14.2. The van der Waals surface area contributed by atoms with Crippen molar-refractivity contribution in [2.75, 3.05) is 5.75 Å². The van der Waals surface area contributed by atoms with Crippen molar-refractivity contribution in [2.24, 2.45) is 5.92 Å². The lowest BCUT2D eigenvalue weighted by atomic mass is 9.87. The first-order chi connectivity index (χ1) is 21.5. The van der Waals surface area contributed by atoms with Gasteiger partial charge in [0.05, 0.1) is 35.4 Å². The summed E-state index contributed by atoms with van der Waals surface area (Å²) in [6.45, 7) is 4.01. The van der Waals surface area contributed by atoms with E-state index in [-0.39, 0.29) is 41.7 Å². The monoisotopic (exact) mass is 631 g/mol. The molecule has 0 aliphatic heterocycles. The Hall–Kier alpha value is -4.31. The molecule has 0 radical (unpaired) electrons. The predicted octanol–water partition coefficient (Wildman–Crippen LogP) is 7.30. The summed E-state index contributed by atoms with van der Waals surface area (Å²) >= 11 is 0. The third-order valence-electron chi connectivity index (χ3n) is 8.42. The van der Waals surface area contributed by atoms with Crippen LogP contribution in [0.4, 0.5) is 13.2 Å². The second kappa shape index (κ2) is 12.2. The Balaban J connectivity index is 1.37. The Labute approximate surface area is 259 Å². The molecule has 0 saturated heterocycles. The minimum absolute atomic E-state index is 0.0231. The molecule has 6 nitrogen and oxygen atoms in total. The molecule has 10 heteroatoms. The molecule has 3 aromatic carbocycles. The fraction of sp³-hybridized carbons (Fsp3) is 0.286. The van der Waals surface area contributed by atoms with Crippen LogP contribution in [0.15, 0.2) is 78.1 Å². The molecule has 2 heterocycles. The van der Waals surface area contributed by atoms with Crippen molar-refractivity contribution in [3.63, 3.8) is 0 Å². The number of ketones is 1. The van der Waals surface area contributed by atoms with Crippen molar-refractivity contribution in [1.29, 1.82) is 0 Å². The number of fused-ring (bicyclic) bond motifs is 1. The van der Waals surface area contributed by atoms with Gasteiger partial charge in [0.25, 0.3) is 0 Å². The van der Waals surface area contributed by atoms with Crippen molar-refractivity contribution in [3.05, 3.63) is 113 Å². The quantitative estimate of drug-likeness (QED) is 0.153. The zero-order valence-electron chi connectivity index (χ0n) is 24.9. The number of benzene rings is 3. The zero-order valence-corrected chi connectivity index (χ0v) is 25.8. The van der Waals surface area contributed by atoms with Gasteiger partial charge in [0.15, 0.2) is 15.6 Å². The number of carbonyl (C=O) groups excluding carboxylic acids is 1. The Morgan fingerprint density at radius 2 is 1.69 bits per heavy atom. The summed E-state index contributed by atoms with van der Waals surface area (Å²) < 4.78 is 71.2. The number of nitrogens with zero attached hydrogens (tertiary/aromatic N) is 3. The van der Waals surface area contributed by atoms with E-state index in [0.717, 1.165) is 47.1 Å². The van der Waals surface area contributed by atoms with Gasteiger partial charge in [-0.3, -0.25) is 9.78 Å². The van der Waals surface area contributed by atoms with Gasteiger partial charge >= 0.3 is 0 Å². The first kappa shape index (κ1) is 30.7. The van der Waals surface area contributed by atoms with Crippen LogP contribution in [-0.4, -0.2) is 34.5 Å². The zero-order chi connectivity index (χ0) is 31.9. The van der Waals surface area contributed by atoms with Crippen LogP contribution in [0.1, 0.15) is 47.6 Å². The van der Waals surface area contributed by atoms with Crippen LogP contribution in [0.5, 0.6) is 0 Å². The van der Waals surface area contributed by atoms with E-state index < -0.39 is 33.2 Å². The first-order valence-corrected chi connectivity index (χ1v) is 16.5. The number of Topliss-reactive ketones (excluding diaryl/α,β-unsaturated/α-hetero) is 1. The van der Waals surface area contributed by atoms with Gasteiger partial charge in [-0.25, -0.2) is 26.6 Å². The van der Waals surface area contributed by atoms with Gasteiger partial charge in [-0.1, -0.05) is 12.1 Å². The van der Waals surface area contributed by atoms with E-state index in [4.69, 9.17) is 0 Å². The van der Waals surface area contributed by atoms with Crippen LogP contribution in [-0.2, 0) is 27.6 Å². The fourth-order valence-electron chi connectivity index (χ4n) is 5.83. The van der Waals surface area contributed by atoms with Gasteiger partial charge in [-0.15, -0.1) is 0 Å². The Bertz CT molecular complexity index is 2020. The van der Waals surface area contributed by atoms with Crippen LogP contribution in [0.2, 0.25) is 0 Å². The summed E-state index contributed by atoms with van der Waals surface area (Å²) in [6.07, 6.45) is 4.83. The van der Waals surface area contributed by atoms with Crippen LogP contribution < -0.4 is 0 Å². The van der Waals surface area contributed by atoms with Crippen molar-refractivity contribution >= 4 is 26.7 Å². The highest BCUT2D eigenvalue weighted by molar-refractivity contribution is 7.91. The topological polar surface area (TPSA) is 81.9 Å². The van der Waals surface area contributed by atoms with Crippen molar-refractivity contribution in [2.45, 2.75) is 56.9 Å². The van der Waals surface area contributed by atoms with Crippen LogP contribution in [0.25, 0.3) is 22.2 Å². The minimum Gasteiger partial charge on any atom is -0.323 e. The second-order valence-electron chi connectivity index (χ2n) is 12.0. The number of sulfone groups is 1. The highest BCUT2D eigenvalue weighted by atomic mass is 32.2. The number of imidazole rings is 1. The Morgan fingerprint density at radius 3 is 2.42 bits per heavy atom. The molecule has 0 spiro atoms. The molecule has 6 rings (SSSR count). The molecule has 1 atom stereocenters. The molecule has 0 amide bonds. The van der Waals surface area contributed by atoms with Gasteiger partial charge in [-0.05, 0) is 104 Å². The maximum atomic E-state index is 14.9. The molecule has 45 heavy (non-hydrogen) atoms. The molecular formula is C35H32F3N3O3S. The first-order valence-electron chi connectivity index (χ1n) is 14.8. The Kier molecular flexibility index (Phi) is 8.35. The third kappa shape index (κ3) is 6.86. The molecule has 1 aliphatic carbocycles. The molecule has 5 aromatic rings. The highest BCUT2D eigenvalue weighted by Gasteiger charge is 2.31. The van der Waals surface area contributed by atoms with E-state index in [1.807, 2.05) is 26.0 Å². The highest BCUT2D eigenvalue weighted by Crippen LogP contribution is 2.36. The number of aryl methyl sites for hydroxylation is 2. The van der Waals surface area contributed by atoms with Crippen molar-refractivity contribution < 1.29 is 26.4 Å². The average molecular weight is 632 g/mol. The molecule has 1 aliphatic rings. The number of halogens is 3. The third-order valence-corrected chi connectivity index (χ3v) is 10.3. The molecule has 1 fully saturated rings. The molecule has 0 unspecified atom stereocenters. The number of pyridine rings is 1. The van der Waals surface area contributed by atoms with Crippen LogP contribution >= 0.6 is 0 Å². The van der Waals surface area contributed by atoms with Crippen LogP contribution in [0.3, 0.4) is 0 Å². The molecule has 1 saturated carbocycles. The van der Waals surface area contributed by atoms with E-state index in [9.17, 15) is 26.4 Å². The number of aromatic nitrogens is 3.